The van der Waals surface area contributed by atoms with Gasteiger partial charge in [-0.25, -0.2) is 20.2 Å². The van der Waals surface area contributed by atoms with Crippen molar-refractivity contribution in [2.24, 2.45) is 5.84 Å². The molecular formula is C16H14ClN5O. The third-order valence-electron chi connectivity index (χ3n) is 3.26. The fraction of sp³-hybridized carbons (Fsp3) is 0.0625. The lowest BCUT2D eigenvalue weighted by Crippen LogP contribution is -2.35. The van der Waals surface area contributed by atoms with E-state index in [1.165, 1.54) is 15.9 Å². The second kappa shape index (κ2) is 6.60. The van der Waals surface area contributed by atoms with Crippen LogP contribution in [0.3, 0.4) is 0 Å². The Hall–Kier alpha value is -2.70. The quantitative estimate of drug-likeness (QED) is 0.587. The Bertz CT molecular complexity index is 866. The van der Waals surface area contributed by atoms with Crippen LogP contribution >= 0.6 is 11.6 Å². The molecule has 3 rings (SSSR count). The van der Waals surface area contributed by atoms with Gasteiger partial charge in [0.1, 0.15) is 6.33 Å². The minimum atomic E-state index is -0.494. The third-order valence-corrected chi connectivity index (χ3v) is 3.57. The van der Waals surface area contributed by atoms with Gasteiger partial charge in [-0.05, 0) is 17.7 Å². The van der Waals surface area contributed by atoms with Crippen LogP contribution in [0.15, 0.2) is 65.7 Å². The van der Waals surface area contributed by atoms with Gasteiger partial charge >= 0.3 is 5.69 Å². The number of aromatic nitrogens is 3. The Balaban J connectivity index is 1.88. The first-order valence-electron chi connectivity index (χ1n) is 6.92. The Morgan fingerprint density at radius 1 is 1.09 bits per heavy atom. The van der Waals surface area contributed by atoms with Crippen LogP contribution in [0.25, 0.3) is 5.69 Å². The van der Waals surface area contributed by atoms with Crippen LogP contribution in [-0.4, -0.2) is 14.5 Å². The minimum Gasteiger partial charge on any atom is -0.274 e. The average Bonchev–Trinajstić information content (AvgIpc) is 2.56. The third kappa shape index (κ3) is 3.39. The zero-order valence-corrected chi connectivity index (χ0v) is 12.9. The minimum absolute atomic E-state index is 0.155. The maximum atomic E-state index is 12.2. The fourth-order valence-electron chi connectivity index (χ4n) is 2.13. The van der Waals surface area contributed by atoms with Gasteiger partial charge in [0.05, 0.1) is 17.3 Å². The van der Waals surface area contributed by atoms with Gasteiger partial charge in [-0.2, -0.15) is 4.98 Å². The largest absolute Gasteiger partial charge is 0.356 e. The van der Waals surface area contributed by atoms with E-state index in [1.807, 2.05) is 30.3 Å². The first kappa shape index (κ1) is 15.2. The van der Waals surface area contributed by atoms with E-state index in [0.29, 0.717) is 17.3 Å². The van der Waals surface area contributed by atoms with Crippen molar-refractivity contribution in [3.8, 4) is 5.69 Å². The normalized spacial score (nSPS) is 10.5. The number of halogens is 1. The molecule has 0 atom stereocenters. The second-order valence-electron chi connectivity index (χ2n) is 4.87. The predicted octanol–water partition coefficient (Wildman–Crippen LogP) is 2.16. The summed E-state index contributed by atoms with van der Waals surface area (Å²) in [5.41, 5.74) is 1.03. The molecular weight excluding hydrogens is 314 g/mol. The maximum absolute atomic E-state index is 12.2. The molecule has 0 spiro atoms. The molecule has 0 bridgehead atoms. The molecule has 1 heterocycles. The van der Waals surface area contributed by atoms with E-state index in [2.05, 4.69) is 9.97 Å². The number of benzene rings is 2. The SMILES string of the molecule is NN(Cc1ccccc1)c1ncn(-c2ccccc2Cl)c(=O)n1. The van der Waals surface area contributed by atoms with E-state index in [0.717, 1.165) is 5.56 Å². The lowest BCUT2D eigenvalue weighted by molar-refractivity contribution is 0.764. The van der Waals surface area contributed by atoms with Gasteiger partial charge in [-0.15, -0.1) is 0 Å². The Morgan fingerprint density at radius 3 is 2.48 bits per heavy atom. The Morgan fingerprint density at radius 2 is 1.78 bits per heavy atom. The number of hydrogen-bond acceptors (Lipinski definition) is 5. The Kier molecular flexibility index (Phi) is 4.36. The van der Waals surface area contributed by atoms with E-state index in [-0.39, 0.29) is 5.95 Å². The smallest absolute Gasteiger partial charge is 0.274 e. The molecule has 0 unspecified atom stereocenters. The van der Waals surface area contributed by atoms with Crippen LogP contribution in [0.5, 0.6) is 0 Å². The van der Waals surface area contributed by atoms with Crippen molar-refractivity contribution in [3.63, 3.8) is 0 Å². The van der Waals surface area contributed by atoms with Gasteiger partial charge in [0.2, 0.25) is 5.95 Å². The summed E-state index contributed by atoms with van der Waals surface area (Å²) in [5, 5.41) is 1.77. The van der Waals surface area contributed by atoms with Crippen molar-refractivity contribution in [3.05, 3.63) is 82.0 Å². The van der Waals surface area contributed by atoms with Crippen molar-refractivity contribution in [2.45, 2.75) is 6.54 Å². The van der Waals surface area contributed by atoms with E-state index in [4.69, 9.17) is 17.4 Å². The molecule has 1 aromatic heterocycles. The summed E-state index contributed by atoms with van der Waals surface area (Å²) in [6, 6.07) is 16.6. The summed E-state index contributed by atoms with van der Waals surface area (Å²) in [6.45, 7) is 0.399. The van der Waals surface area contributed by atoms with E-state index in [1.54, 1.807) is 24.3 Å². The van der Waals surface area contributed by atoms with Gasteiger partial charge in [-0.3, -0.25) is 5.01 Å². The maximum Gasteiger partial charge on any atom is 0.356 e. The highest BCUT2D eigenvalue weighted by molar-refractivity contribution is 6.32. The highest BCUT2D eigenvalue weighted by Gasteiger charge is 2.10. The molecule has 23 heavy (non-hydrogen) atoms. The lowest BCUT2D eigenvalue weighted by atomic mass is 10.2. The number of para-hydroxylation sites is 1. The zero-order chi connectivity index (χ0) is 16.2. The summed E-state index contributed by atoms with van der Waals surface area (Å²) < 4.78 is 1.28. The van der Waals surface area contributed by atoms with E-state index >= 15 is 0 Å². The fourth-order valence-corrected chi connectivity index (χ4v) is 2.36. The molecule has 0 aliphatic carbocycles. The number of anilines is 1. The molecule has 0 saturated heterocycles. The van der Waals surface area contributed by atoms with Gasteiger partial charge in [0, 0.05) is 0 Å². The van der Waals surface area contributed by atoms with Crippen molar-refractivity contribution >= 4 is 17.5 Å². The van der Waals surface area contributed by atoms with Gasteiger partial charge < -0.3 is 0 Å². The first-order chi connectivity index (χ1) is 11.1. The standard InChI is InChI=1S/C16H14ClN5O/c17-13-8-4-5-9-14(13)21-11-19-15(20-16(21)23)22(18)10-12-6-2-1-3-7-12/h1-9,11H,10,18H2. The lowest BCUT2D eigenvalue weighted by Gasteiger charge is -2.16. The molecule has 3 aromatic rings. The van der Waals surface area contributed by atoms with Crippen LogP contribution in [0.1, 0.15) is 5.56 Å². The molecule has 7 heteroatoms. The predicted molar refractivity (Wildman–Crippen MR) is 89.5 cm³/mol. The van der Waals surface area contributed by atoms with Crippen LogP contribution in [0.2, 0.25) is 5.02 Å². The highest BCUT2D eigenvalue weighted by atomic mass is 35.5. The van der Waals surface area contributed by atoms with Crippen molar-refractivity contribution in [1.29, 1.82) is 0 Å². The van der Waals surface area contributed by atoms with Gasteiger partial charge in [0.15, 0.2) is 0 Å². The number of hydrazine groups is 1. The molecule has 0 aliphatic heterocycles. The molecule has 2 N–H and O–H groups in total. The highest BCUT2D eigenvalue weighted by Crippen LogP contribution is 2.17. The van der Waals surface area contributed by atoms with E-state index < -0.39 is 5.69 Å². The molecule has 0 aliphatic rings. The molecule has 6 nitrogen and oxygen atoms in total. The monoisotopic (exact) mass is 327 g/mol. The van der Waals surface area contributed by atoms with Crippen LogP contribution in [0, 0.1) is 0 Å². The summed E-state index contributed by atoms with van der Waals surface area (Å²) >= 11 is 6.09. The van der Waals surface area contributed by atoms with Crippen LogP contribution in [0.4, 0.5) is 5.95 Å². The molecule has 0 amide bonds. The number of nitrogens with zero attached hydrogens (tertiary/aromatic N) is 4. The van der Waals surface area contributed by atoms with Gasteiger partial charge in [0.25, 0.3) is 0 Å². The molecule has 0 fully saturated rings. The van der Waals surface area contributed by atoms with Crippen molar-refractivity contribution in [2.75, 3.05) is 5.01 Å². The molecule has 0 saturated carbocycles. The number of nitrogens with two attached hydrogens (primary N) is 1. The van der Waals surface area contributed by atoms with Crippen molar-refractivity contribution < 1.29 is 0 Å². The summed E-state index contributed by atoms with van der Waals surface area (Å²) in [7, 11) is 0. The second-order valence-corrected chi connectivity index (χ2v) is 5.28. The van der Waals surface area contributed by atoms with E-state index in [9.17, 15) is 4.79 Å². The summed E-state index contributed by atoms with van der Waals surface area (Å²) in [6.07, 6.45) is 1.37. The molecule has 0 radical (unpaired) electrons. The number of rotatable bonds is 4. The summed E-state index contributed by atoms with van der Waals surface area (Å²) in [5.74, 6) is 6.10. The summed E-state index contributed by atoms with van der Waals surface area (Å²) in [4.78, 5) is 20.3. The van der Waals surface area contributed by atoms with Gasteiger partial charge in [-0.1, -0.05) is 54.1 Å². The van der Waals surface area contributed by atoms with Crippen LogP contribution < -0.4 is 16.5 Å². The molecule has 2 aromatic carbocycles. The number of hydrogen-bond donors (Lipinski definition) is 1. The molecule has 116 valence electrons. The van der Waals surface area contributed by atoms with Crippen LogP contribution in [-0.2, 0) is 6.54 Å². The Labute approximate surface area is 137 Å². The zero-order valence-electron chi connectivity index (χ0n) is 12.1. The average molecular weight is 328 g/mol. The topological polar surface area (TPSA) is 77.0 Å². The van der Waals surface area contributed by atoms with Crippen molar-refractivity contribution in [1.82, 2.24) is 14.5 Å². The first-order valence-corrected chi connectivity index (χ1v) is 7.30.